The van der Waals surface area contributed by atoms with Crippen LogP contribution in [0.4, 0.5) is 16.2 Å². The lowest BCUT2D eigenvalue weighted by Crippen LogP contribution is -2.48. The Morgan fingerprint density at radius 1 is 0.969 bits per heavy atom. The van der Waals surface area contributed by atoms with E-state index in [4.69, 9.17) is 5.26 Å². The molecular weight excluding hydrogens is 400 g/mol. The van der Waals surface area contributed by atoms with Crippen LogP contribution in [0.25, 0.3) is 0 Å². The summed E-state index contributed by atoms with van der Waals surface area (Å²) in [5.41, 5.74) is 4.61. The first-order valence-corrected chi connectivity index (χ1v) is 10.2. The molecule has 0 unspecified atom stereocenters. The van der Waals surface area contributed by atoms with Gasteiger partial charge < -0.3 is 10.6 Å². The Balaban J connectivity index is 1.80. The number of carbonyl (C=O) groups excluding carboxylic acids is 2. The molecule has 1 aliphatic rings. The van der Waals surface area contributed by atoms with Crippen LogP contribution in [0.15, 0.2) is 90.1 Å². The van der Waals surface area contributed by atoms with Gasteiger partial charge in [-0.1, -0.05) is 48.0 Å². The maximum atomic E-state index is 13.4. The minimum absolute atomic E-state index is 0.305. The van der Waals surface area contributed by atoms with Crippen LogP contribution >= 0.6 is 0 Å². The number of nitrogens with zero attached hydrogens (tertiary/aromatic N) is 2. The van der Waals surface area contributed by atoms with Gasteiger partial charge in [0.15, 0.2) is 0 Å². The third kappa shape index (κ3) is 4.09. The van der Waals surface area contributed by atoms with Crippen molar-refractivity contribution in [3.05, 3.63) is 107 Å². The van der Waals surface area contributed by atoms with Crippen molar-refractivity contribution in [1.82, 2.24) is 5.32 Å². The summed E-state index contributed by atoms with van der Waals surface area (Å²) in [6.07, 6.45) is 0. The second-order valence-corrected chi connectivity index (χ2v) is 7.61. The molecule has 0 bridgehead atoms. The number of amides is 3. The zero-order chi connectivity index (χ0) is 22.7. The number of nitrogens with one attached hydrogen (secondary N) is 2. The maximum Gasteiger partial charge on any atom is 0.326 e. The molecule has 0 saturated heterocycles. The Bertz CT molecular complexity index is 1220. The highest BCUT2D eigenvalue weighted by molar-refractivity contribution is 6.09. The summed E-state index contributed by atoms with van der Waals surface area (Å²) in [7, 11) is 0. The second kappa shape index (κ2) is 8.78. The normalized spacial score (nSPS) is 15.7. The summed E-state index contributed by atoms with van der Waals surface area (Å²) in [4.78, 5) is 28.1. The molecule has 6 heteroatoms. The molecule has 1 heterocycles. The lowest BCUT2D eigenvalue weighted by Gasteiger charge is -2.36. The summed E-state index contributed by atoms with van der Waals surface area (Å²) in [6.45, 7) is 3.75. The summed E-state index contributed by atoms with van der Waals surface area (Å²) < 4.78 is 0. The van der Waals surface area contributed by atoms with E-state index in [9.17, 15) is 9.59 Å². The van der Waals surface area contributed by atoms with E-state index >= 15 is 0 Å². The Labute approximate surface area is 186 Å². The first-order valence-electron chi connectivity index (χ1n) is 10.2. The van der Waals surface area contributed by atoms with Crippen molar-refractivity contribution in [2.24, 2.45) is 0 Å². The number of rotatable bonds is 4. The van der Waals surface area contributed by atoms with E-state index in [1.807, 2.05) is 61.5 Å². The second-order valence-electron chi connectivity index (χ2n) is 7.61. The van der Waals surface area contributed by atoms with E-state index in [-0.39, 0.29) is 11.9 Å². The Morgan fingerprint density at radius 2 is 1.62 bits per heavy atom. The average molecular weight is 422 g/mol. The van der Waals surface area contributed by atoms with Crippen LogP contribution in [0.5, 0.6) is 0 Å². The number of nitriles is 1. The summed E-state index contributed by atoms with van der Waals surface area (Å²) in [5.74, 6) is -0.305. The Kier molecular flexibility index (Phi) is 5.73. The van der Waals surface area contributed by atoms with E-state index in [0.717, 1.165) is 11.1 Å². The summed E-state index contributed by atoms with van der Waals surface area (Å²) in [6, 6.07) is 24.7. The molecule has 1 atom stereocenters. The minimum Gasteiger partial charge on any atom is -0.326 e. The molecule has 2 N–H and O–H groups in total. The van der Waals surface area contributed by atoms with Gasteiger partial charge in [0.2, 0.25) is 0 Å². The fraction of sp³-hybridized carbons (Fsp3) is 0.115. The molecule has 0 spiro atoms. The van der Waals surface area contributed by atoms with Crippen molar-refractivity contribution in [2.45, 2.75) is 19.9 Å². The van der Waals surface area contributed by atoms with Crippen LogP contribution in [-0.2, 0) is 4.79 Å². The first-order chi connectivity index (χ1) is 15.5. The number of benzene rings is 3. The molecule has 1 aliphatic heterocycles. The number of urea groups is 1. The van der Waals surface area contributed by atoms with Crippen LogP contribution in [0.2, 0.25) is 0 Å². The van der Waals surface area contributed by atoms with Crippen LogP contribution < -0.4 is 15.5 Å². The van der Waals surface area contributed by atoms with Crippen molar-refractivity contribution in [3.63, 3.8) is 0 Å². The monoisotopic (exact) mass is 422 g/mol. The maximum absolute atomic E-state index is 13.4. The molecule has 3 aromatic carbocycles. The lowest BCUT2D eigenvalue weighted by molar-refractivity contribution is -0.113. The van der Waals surface area contributed by atoms with E-state index in [1.54, 1.807) is 31.2 Å². The van der Waals surface area contributed by atoms with Gasteiger partial charge in [0.25, 0.3) is 5.91 Å². The average Bonchev–Trinajstić information content (AvgIpc) is 2.80. The number of aryl methyl sites for hydroxylation is 1. The lowest BCUT2D eigenvalue weighted by atomic mass is 9.93. The van der Waals surface area contributed by atoms with Gasteiger partial charge in [-0.25, -0.2) is 4.79 Å². The van der Waals surface area contributed by atoms with E-state index in [0.29, 0.717) is 28.2 Å². The molecule has 0 saturated carbocycles. The van der Waals surface area contributed by atoms with E-state index in [1.165, 1.54) is 4.90 Å². The van der Waals surface area contributed by atoms with Crippen LogP contribution in [0, 0.1) is 18.3 Å². The third-order valence-corrected chi connectivity index (χ3v) is 5.43. The highest BCUT2D eigenvalue weighted by Crippen LogP contribution is 2.34. The fourth-order valence-corrected chi connectivity index (χ4v) is 3.76. The number of hydrogen-bond donors (Lipinski definition) is 2. The predicted octanol–water partition coefficient (Wildman–Crippen LogP) is 5.05. The molecule has 0 aliphatic carbocycles. The molecule has 3 amide bonds. The molecule has 32 heavy (non-hydrogen) atoms. The van der Waals surface area contributed by atoms with E-state index < -0.39 is 6.04 Å². The van der Waals surface area contributed by atoms with Crippen molar-refractivity contribution >= 4 is 23.3 Å². The van der Waals surface area contributed by atoms with Gasteiger partial charge in [-0.15, -0.1) is 0 Å². The SMILES string of the molecule is CC1=C(C(=O)Nc2ccccc2)[C@@H](c2ccc(C#N)cc2)NC(=O)N1c1ccc(C)cc1. The standard InChI is InChI=1S/C26H22N4O2/c1-17-8-14-22(15-9-17)30-18(2)23(25(31)28-21-6-4-3-5-7-21)24(29-26(30)32)20-12-10-19(16-27)11-13-20/h3-15,24H,1-2H3,(H,28,31)(H,29,32)/t24-/m1/s1. The summed E-state index contributed by atoms with van der Waals surface area (Å²) in [5, 5.41) is 15.0. The largest absolute Gasteiger partial charge is 0.326 e. The molecule has 0 fully saturated rings. The zero-order valence-corrected chi connectivity index (χ0v) is 17.8. The van der Waals surface area contributed by atoms with Gasteiger partial charge in [-0.3, -0.25) is 9.69 Å². The molecule has 158 valence electrons. The van der Waals surface area contributed by atoms with Crippen molar-refractivity contribution in [3.8, 4) is 6.07 Å². The molecule has 0 radical (unpaired) electrons. The number of anilines is 2. The van der Waals surface area contributed by atoms with Gasteiger partial charge in [0.1, 0.15) is 0 Å². The van der Waals surface area contributed by atoms with Crippen LogP contribution in [0.1, 0.15) is 29.7 Å². The Hall–Kier alpha value is -4.37. The van der Waals surface area contributed by atoms with Gasteiger partial charge >= 0.3 is 6.03 Å². The molecule has 3 aromatic rings. The van der Waals surface area contributed by atoms with Crippen LogP contribution in [0.3, 0.4) is 0 Å². The minimum atomic E-state index is -0.652. The van der Waals surface area contributed by atoms with Gasteiger partial charge in [-0.2, -0.15) is 5.26 Å². The third-order valence-electron chi connectivity index (χ3n) is 5.43. The van der Waals surface area contributed by atoms with Crippen molar-refractivity contribution < 1.29 is 9.59 Å². The Morgan fingerprint density at radius 3 is 2.25 bits per heavy atom. The number of carbonyl (C=O) groups is 2. The molecular formula is C26H22N4O2. The smallest absolute Gasteiger partial charge is 0.326 e. The fourth-order valence-electron chi connectivity index (χ4n) is 3.76. The van der Waals surface area contributed by atoms with Crippen molar-refractivity contribution in [1.29, 1.82) is 5.26 Å². The van der Waals surface area contributed by atoms with Gasteiger partial charge in [-0.05, 0) is 55.8 Å². The van der Waals surface area contributed by atoms with Crippen LogP contribution in [-0.4, -0.2) is 11.9 Å². The molecule has 0 aromatic heterocycles. The van der Waals surface area contributed by atoms with Crippen molar-refractivity contribution in [2.75, 3.05) is 10.2 Å². The molecule has 6 nitrogen and oxygen atoms in total. The highest BCUT2D eigenvalue weighted by Gasteiger charge is 2.36. The highest BCUT2D eigenvalue weighted by atomic mass is 16.2. The number of hydrogen-bond acceptors (Lipinski definition) is 3. The first kappa shape index (κ1) is 20.9. The molecule has 4 rings (SSSR count). The van der Waals surface area contributed by atoms with Gasteiger partial charge in [0, 0.05) is 11.4 Å². The quantitative estimate of drug-likeness (QED) is 0.617. The zero-order valence-electron chi connectivity index (χ0n) is 17.8. The topological polar surface area (TPSA) is 85.2 Å². The number of allylic oxidation sites excluding steroid dienone is 1. The predicted molar refractivity (Wildman–Crippen MR) is 124 cm³/mol. The van der Waals surface area contributed by atoms with Gasteiger partial charge in [0.05, 0.1) is 28.9 Å². The van der Waals surface area contributed by atoms with E-state index in [2.05, 4.69) is 16.7 Å². The summed E-state index contributed by atoms with van der Waals surface area (Å²) >= 11 is 0. The number of para-hydroxylation sites is 1.